The van der Waals surface area contributed by atoms with Crippen LogP contribution < -0.4 is 4.74 Å². The quantitative estimate of drug-likeness (QED) is 0.806. The molecule has 6 heteroatoms. The van der Waals surface area contributed by atoms with Gasteiger partial charge in [0.05, 0.1) is 17.8 Å². The van der Waals surface area contributed by atoms with Crippen LogP contribution >= 0.6 is 11.3 Å². The lowest BCUT2D eigenvalue weighted by Gasteiger charge is -2.42. The zero-order valence-corrected chi connectivity index (χ0v) is 17.0. The molecule has 5 nitrogen and oxygen atoms in total. The number of amides is 1. The molecule has 2 aliphatic heterocycles. The van der Waals surface area contributed by atoms with Gasteiger partial charge in [0, 0.05) is 25.8 Å². The average molecular weight is 387 g/mol. The summed E-state index contributed by atoms with van der Waals surface area (Å²) in [5, 5.41) is 0.945. The smallest absolute Gasteiger partial charge is 0.266 e. The number of hydrogen-bond acceptors (Lipinski definition) is 5. The Morgan fingerprint density at radius 1 is 1.26 bits per heavy atom. The number of nitrogens with zero attached hydrogens (tertiary/aromatic N) is 2. The second-order valence-corrected chi connectivity index (χ2v) is 8.64. The lowest BCUT2D eigenvalue weighted by molar-refractivity contribution is 0.0182. The molecule has 0 unspecified atom stereocenters. The van der Waals surface area contributed by atoms with Gasteiger partial charge in [0.15, 0.2) is 0 Å². The summed E-state index contributed by atoms with van der Waals surface area (Å²) in [6.07, 6.45) is 2.89. The normalized spacial score (nSPS) is 20.4. The average Bonchev–Trinajstić information content (AvgIpc) is 3.04. The highest BCUT2D eigenvalue weighted by Crippen LogP contribution is 2.35. The number of carbonyl (C=O) groups is 1. The molecule has 0 aliphatic carbocycles. The maximum Gasteiger partial charge on any atom is 0.266 e. The van der Waals surface area contributed by atoms with Gasteiger partial charge in [0.1, 0.15) is 10.6 Å². The zero-order chi connectivity index (χ0) is 19.0. The molecule has 1 aromatic heterocycles. The summed E-state index contributed by atoms with van der Waals surface area (Å²) in [5.74, 6) is 1.47. The van der Waals surface area contributed by atoms with Crippen LogP contribution in [0.5, 0.6) is 5.75 Å². The number of aromatic nitrogens is 1. The number of ether oxygens (including phenoxy) is 2. The summed E-state index contributed by atoms with van der Waals surface area (Å²) >= 11 is 1.51. The lowest BCUT2D eigenvalue weighted by Crippen LogP contribution is -2.49. The third-order valence-corrected chi connectivity index (χ3v) is 6.81. The van der Waals surface area contributed by atoms with Gasteiger partial charge in [-0.05, 0) is 62.3 Å². The minimum absolute atomic E-state index is 0.121. The molecule has 2 aromatic rings. The fourth-order valence-corrected chi connectivity index (χ4v) is 5.19. The van der Waals surface area contributed by atoms with E-state index in [2.05, 4.69) is 22.0 Å². The Balaban J connectivity index is 1.69. The Bertz CT molecular complexity index is 842. The standard InChI is InChI=1S/C21H26N2O3S/c1-13-20(27-14(2)22-13)21(24)23-12-16-4-5-18(25-3)10-17(16)11-19(23)15-6-8-26-9-7-15/h4-5,10,15,19H,6-9,11-12H2,1-3H3/t19-/m1/s1. The summed E-state index contributed by atoms with van der Waals surface area (Å²) < 4.78 is 11.0. The van der Waals surface area contributed by atoms with Crippen molar-refractivity contribution >= 4 is 17.2 Å². The summed E-state index contributed by atoms with van der Waals surface area (Å²) in [7, 11) is 1.70. The number of benzene rings is 1. The van der Waals surface area contributed by atoms with Crippen molar-refractivity contribution in [3.63, 3.8) is 0 Å². The van der Waals surface area contributed by atoms with Gasteiger partial charge in [-0.25, -0.2) is 4.98 Å². The third kappa shape index (κ3) is 3.60. The van der Waals surface area contributed by atoms with Crippen LogP contribution in [0, 0.1) is 19.8 Å². The molecule has 2 aliphatic rings. The molecule has 1 aromatic carbocycles. The second-order valence-electron chi connectivity index (χ2n) is 7.44. The van der Waals surface area contributed by atoms with Gasteiger partial charge < -0.3 is 14.4 Å². The first-order valence-electron chi connectivity index (χ1n) is 9.55. The first-order chi connectivity index (χ1) is 13.1. The second kappa shape index (κ2) is 7.60. The van der Waals surface area contributed by atoms with Gasteiger partial charge in [-0.15, -0.1) is 11.3 Å². The van der Waals surface area contributed by atoms with E-state index < -0.39 is 0 Å². The molecule has 0 saturated carbocycles. The first kappa shape index (κ1) is 18.4. The van der Waals surface area contributed by atoms with Gasteiger partial charge in [0.2, 0.25) is 0 Å². The minimum atomic E-state index is 0.121. The Hall–Kier alpha value is -1.92. The lowest BCUT2D eigenvalue weighted by atomic mass is 9.82. The van der Waals surface area contributed by atoms with E-state index in [0.717, 1.165) is 53.8 Å². The van der Waals surface area contributed by atoms with Crippen LogP contribution in [0.25, 0.3) is 0 Å². The largest absolute Gasteiger partial charge is 0.497 e. The molecule has 0 N–H and O–H groups in total. The van der Waals surface area contributed by atoms with Crippen LogP contribution in [0.4, 0.5) is 0 Å². The number of aryl methyl sites for hydroxylation is 2. The Morgan fingerprint density at radius 2 is 2.04 bits per heavy atom. The minimum Gasteiger partial charge on any atom is -0.497 e. The molecule has 0 radical (unpaired) electrons. The fourth-order valence-electron chi connectivity index (χ4n) is 4.31. The van der Waals surface area contributed by atoms with Crippen molar-refractivity contribution in [1.82, 2.24) is 9.88 Å². The monoisotopic (exact) mass is 386 g/mol. The molecule has 1 saturated heterocycles. The molecule has 1 atom stereocenters. The van der Waals surface area contributed by atoms with Gasteiger partial charge in [-0.3, -0.25) is 4.79 Å². The number of carbonyl (C=O) groups excluding carboxylic acids is 1. The molecule has 3 heterocycles. The van der Waals surface area contributed by atoms with Gasteiger partial charge in [-0.1, -0.05) is 6.07 Å². The van der Waals surface area contributed by atoms with E-state index in [-0.39, 0.29) is 11.9 Å². The summed E-state index contributed by atoms with van der Waals surface area (Å²) in [5.41, 5.74) is 3.35. The highest BCUT2D eigenvalue weighted by atomic mass is 32.1. The number of hydrogen-bond donors (Lipinski definition) is 0. The van der Waals surface area contributed by atoms with E-state index in [4.69, 9.17) is 9.47 Å². The van der Waals surface area contributed by atoms with E-state index in [0.29, 0.717) is 12.5 Å². The SMILES string of the molecule is COc1ccc2c(c1)C[C@H](C1CCOCC1)N(C(=O)c1sc(C)nc1C)C2. The van der Waals surface area contributed by atoms with Crippen molar-refractivity contribution in [3.8, 4) is 5.75 Å². The van der Waals surface area contributed by atoms with Crippen LogP contribution in [-0.4, -0.2) is 42.2 Å². The van der Waals surface area contributed by atoms with Crippen molar-refractivity contribution < 1.29 is 14.3 Å². The van der Waals surface area contributed by atoms with Gasteiger partial charge >= 0.3 is 0 Å². The summed E-state index contributed by atoms with van der Waals surface area (Å²) in [6, 6.07) is 6.41. The number of thiazole rings is 1. The Kier molecular flexibility index (Phi) is 5.19. The topological polar surface area (TPSA) is 51.7 Å². The molecular formula is C21H26N2O3S. The van der Waals surface area contributed by atoms with E-state index >= 15 is 0 Å². The number of methoxy groups -OCH3 is 1. The highest BCUT2D eigenvalue weighted by molar-refractivity contribution is 7.13. The van der Waals surface area contributed by atoms with E-state index in [1.54, 1.807) is 7.11 Å². The van der Waals surface area contributed by atoms with Crippen LogP contribution in [0.3, 0.4) is 0 Å². The molecule has 1 fully saturated rings. The molecule has 27 heavy (non-hydrogen) atoms. The van der Waals surface area contributed by atoms with E-state index in [1.807, 2.05) is 19.9 Å². The van der Waals surface area contributed by atoms with Crippen molar-refractivity contribution in [1.29, 1.82) is 0 Å². The Labute approximate surface area is 164 Å². The number of rotatable bonds is 3. The maximum absolute atomic E-state index is 13.5. The predicted molar refractivity (Wildman–Crippen MR) is 105 cm³/mol. The van der Waals surface area contributed by atoms with Gasteiger partial charge in [-0.2, -0.15) is 0 Å². The van der Waals surface area contributed by atoms with Crippen molar-refractivity contribution in [2.75, 3.05) is 20.3 Å². The van der Waals surface area contributed by atoms with E-state index in [1.165, 1.54) is 22.5 Å². The summed E-state index contributed by atoms with van der Waals surface area (Å²) in [6.45, 7) is 6.11. The van der Waals surface area contributed by atoms with Crippen molar-refractivity contribution in [2.45, 2.75) is 45.7 Å². The van der Waals surface area contributed by atoms with Crippen molar-refractivity contribution in [3.05, 3.63) is 44.9 Å². The Morgan fingerprint density at radius 3 is 2.70 bits per heavy atom. The predicted octanol–water partition coefficient (Wildman–Crippen LogP) is 3.76. The van der Waals surface area contributed by atoms with Crippen LogP contribution in [0.2, 0.25) is 0 Å². The molecule has 144 valence electrons. The molecule has 1 amide bonds. The first-order valence-corrected chi connectivity index (χ1v) is 10.4. The van der Waals surface area contributed by atoms with Crippen LogP contribution in [0.1, 0.15) is 44.3 Å². The molecule has 4 rings (SSSR count). The summed E-state index contributed by atoms with van der Waals surface area (Å²) in [4.78, 5) is 20.8. The fraction of sp³-hybridized carbons (Fsp3) is 0.524. The third-order valence-electron chi connectivity index (χ3n) is 5.75. The zero-order valence-electron chi connectivity index (χ0n) is 16.2. The van der Waals surface area contributed by atoms with Crippen LogP contribution in [0.15, 0.2) is 18.2 Å². The van der Waals surface area contributed by atoms with Gasteiger partial charge in [0.25, 0.3) is 5.91 Å². The molecule has 0 bridgehead atoms. The molecular weight excluding hydrogens is 360 g/mol. The van der Waals surface area contributed by atoms with Crippen molar-refractivity contribution in [2.24, 2.45) is 5.92 Å². The van der Waals surface area contributed by atoms with E-state index in [9.17, 15) is 4.79 Å². The molecule has 0 spiro atoms. The van der Waals surface area contributed by atoms with Crippen LogP contribution in [-0.2, 0) is 17.7 Å². The number of fused-ring (bicyclic) bond motifs is 1. The maximum atomic E-state index is 13.5. The highest BCUT2D eigenvalue weighted by Gasteiger charge is 2.37.